The summed E-state index contributed by atoms with van der Waals surface area (Å²) in [5.41, 5.74) is 0. The van der Waals surface area contributed by atoms with Gasteiger partial charge in [-0.15, -0.1) is 0 Å². The highest BCUT2D eigenvalue weighted by Crippen LogP contribution is 2.50. The molecule has 2 atom stereocenters. The van der Waals surface area contributed by atoms with Gasteiger partial charge >= 0.3 is 0 Å². The van der Waals surface area contributed by atoms with Crippen molar-refractivity contribution >= 4 is 15.9 Å². The van der Waals surface area contributed by atoms with Gasteiger partial charge in [0.2, 0.25) is 0 Å². The summed E-state index contributed by atoms with van der Waals surface area (Å²) in [4.78, 5) is 0. The lowest BCUT2D eigenvalue weighted by molar-refractivity contribution is 0.318. The molecule has 0 aromatic rings. The summed E-state index contributed by atoms with van der Waals surface area (Å²) in [5.74, 6) is 1.03. The molecule has 0 spiro atoms. The van der Waals surface area contributed by atoms with E-state index in [9.17, 15) is 0 Å². The lowest BCUT2D eigenvalue weighted by Gasteiger charge is -2.34. The van der Waals surface area contributed by atoms with Crippen LogP contribution in [0.5, 0.6) is 0 Å². The summed E-state index contributed by atoms with van der Waals surface area (Å²) in [6.07, 6.45) is 10.3. The third-order valence-electron chi connectivity index (χ3n) is 3.27. The summed E-state index contributed by atoms with van der Waals surface area (Å²) in [6, 6.07) is 0. The zero-order valence-electron chi connectivity index (χ0n) is 6.41. The quantitative estimate of drug-likeness (QED) is 0.528. The fraction of sp³-hybridized carbons (Fsp3) is 1.00. The van der Waals surface area contributed by atoms with Crippen molar-refractivity contribution in [3.63, 3.8) is 0 Å². The van der Waals surface area contributed by atoms with Gasteiger partial charge in [-0.2, -0.15) is 0 Å². The predicted octanol–water partition coefficient (Wildman–Crippen LogP) is 3.49. The largest absolute Gasteiger partial charge is 0.0850 e. The van der Waals surface area contributed by atoms with E-state index in [1.54, 1.807) is 0 Å². The lowest BCUT2D eigenvalue weighted by atomic mass is 9.82. The van der Waals surface area contributed by atoms with Crippen molar-refractivity contribution in [2.24, 2.45) is 5.92 Å². The second kappa shape index (κ2) is 2.51. The molecule has 0 heterocycles. The third-order valence-corrected chi connectivity index (χ3v) is 4.71. The molecule has 0 amide bonds. The minimum Gasteiger partial charge on any atom is -0.0850 e. The first-order valence-electron chi connectivity index (χ1n) is 4.50. The van der Waals surface area contributed by atoms with Gasteiger partial charge in [0, 0.05) is 4.32 Å². The Morgan fingerprint density at radius 1 is 1.00 bits per heavy atom. The minimum absolute atomic E-state index is 0.602. The van der Waals surface area contributed by atoms with Crippen LogP contribution in [0, 0.1) is 5.92 Å². The standard InChI is InChI=1S/C9H15Br/c10-9-6-2-1-4-8(9)5-3-7-9/h8H,1-7H2/t8-,9+/m0/s1. The van der Waals surface area contributed by atoms with Gasteiger partial charge in [0.1, 0.15) is 0 Å². The van der Waals surface area contributed by atoms with Crippen molar-refractivity contribution in [1.29, 1.82) is 0 Å². The SMILES string of the molecule is Br[C@@]12CCCC[C@H]1CCC2. The molecule has 1 heteroatoms. The maximum atomic E-state index is 3.92. The van der Waals surface area contributed by atoms with Crippen LogP contribution in [0.1, 0.15) is 44.9 Å². The molecule has 2 aliphatic rings. The van der Waals surface area contributed by atoms with Crippen LogP contribution in [0.25, 0.3) is 0 Å². The maximum absolute atomic E-state index is 3.92. The van der Waals surface area contributed by atoms with E-state index in [4.69, 9.17) is 0 Å². The summed E-state index contributed by atoms with van der Waals surface area (Å²) < 4.78 is 0.602. The molecule has 0 aromatic carbocycles. The molecule has 0 unspecified atom stereocenters. The molecule has 2 rings (SSSR count). The Balaban J connectivity index is 2.10. The molecule has 10 heavy (non-hydrogen) atoms. The normalized spacial score (nSPS) is 47.1. The molecular weight excluding hydrogens is 188 g/mol. The van der Waals surface area contributed by atoms with E-state index in [0.29, 0.717) is 4.32 Å². The van der Waals surface area contributed by atoms with Gasteiger partial charge in [-0.3, -0.25) is 0 Å². The van der Waals surface area contributed by atoms with Crippen LogP contribution >= 0.6 is 15.9 Å². The summed E-state index contributed by atoms with van der Waals surface area (Å²) in [5, 5.41) is 0. The van der Waals surface area contributed by atoms with E-state index in [1.165, 1.54) is 44.9 Å². The summed E-state index contributed by atoms with van der Waals surface area (Å²) in [7, 11) is 0. The van der Waals surface area contributed by atoms with Crippen molar-refractivity contribution in [2.45, 2.75) is 49.3 Å². The Morgan fingerprint density at radius 3 is 2.50 bits per heavy atom. The molecular formula is C9H15Br. The van der Waals surface area contributed by atoms with Gasteiger partial charge in [0.15, 0.2) is 0 Å². The van der Waals surface area contributed by atoms with E-state index in [0.717, 1.165) is 5.92 Å². The molecule has 2 fully saturated rings. The summed E-state index contributed by atoms with van der Waals surface area (Å²) in [6.45, 7) is 0. The van der Waals surface area contributed by atoms with E-state index in [1.807, 2.05) is 0 Å². The Hall–Kier alpha value is 0.480. The fourth-order valence-corrected chi connectivity index (χ4v) is 3.67. The number of rotatable bonds is 0. The van der Waals surface area contributed by atoms with E-state index >= 15 is 0 Å². The highest BCUT2D eigenvalue weighted by atomic mass is 79.9. The molecule has 0 aliphatic heterocycles. The molecule has 0 radical (unpaired) electrons. The Kier molecular flexibility index (Phi) is 1.79. The third kappa shape index (κ3) is 1.03. The number of hydrogen-bond acceptors (Lipinski definition) is 0. The first-order valence-corrected chi connectivity index (χ1v) is 5.29. The van der Waals surface area contributed by atoms with E-state index in [-0.39, 0.29) is 0 Å². The van der Waals surface area contributed by atoms with Crippen molar-refractivity contribution in [3.8, 4) is 0 Å². The molecule has 0 N–H and O–H groups in total. The average Bonchev–Trinajstić information content (AvgIpc) is 2.29. The first kappa shape index (κ1) is 7.15. The molecule has 0 aromatic heterocycles. The topological polar surface area (TPSA) is 0 Å². The fourth-order valence-electron chi connectivity index (χ4n) is 2.65. The number of fused-ring (bicyclic) bond motifs is 1. The first-order chi connectivity index (χ1) is 4.81. The van der Waals surface area contributed by atoms with Gasteiger partial charge in [0.25, 0.3) is 0 Å². The van der Waals surface area contributed by atoms with Crippen molar-refractivity contribution in [2.75, 3.05) is 0 Å². The monoisotopic (exact) mass is 202 g/mol. The number of alkyl halides is 1. The van der Waals surface area contributed by atoms with Crippen LogP contribution in [-0.2, 0) is 0 Å². The van der Waals surface area contributed by atoms with E-state index < -0.39 is 0 Å². The van der Waals surface area contributed by atoms with E-state index in [2.05, 4.69) is 15.9 Å². The Bertz CT molecular complexity index is 133. The molecule has 0 bridgehead atoms. The van der Waals surface area contributed by atoms with Crippen LogP contribution in [0.2, 0.25) is 0 Å². The van der Waals surface area contributed by atoms with Crippen LogP contribution in [-0.4, -0.2) is 4.32 Å². The van der Waals surface area contributed by atoms with Crippen molar-refractivity contribution in [3.05, 3.63) is 0 Å². The minimum atomic E-state index is 0.602. The molecule has 0 nitrogen and oxygen atoms in total. The van der Waals surface area contributed by atoms with Crippen molar-refractivity contribution in [1.82, 2.24) is 0 Å². The van der Waals surface area contributed by atoms with Crippen LogP contribution in [0.3, 0.4) is 0 Å². The molecule has 2 aliphatic carbocycles. The Labute approximate surface area is 71.5 Å². The predicted molar refractivity (Wildman–Crippen MR) is 47.5 cm³/mol. The lowest BCUT2D eigenvalue weighted by Crippen LogP contribution is -2.29. The van der Waals surface area contributed by atoms with Gasteiger partial charge < -0.3 is 0 Å². The highest BCUT2D eigenvalue weighted by Gasteiger charge is 2.41. The highest BCUT2D eigenvalue weighted by molar-refractivity contribution is 9.10. The second-order valence-corrected chi connectivity index (χ2v) is 5.45. The Morgan fingerprint density at radius 2 is 1.70 bits per heavy atom. The average molecular weight is 203 g/mol. The van der Waals surface area contributed by atoms with Crippen molar-refractivity contribution < 1.29 is 0 Å². The molecule has 2 saturated carbocycles. The zero-order valence-corrected chi connectivity index (χ0v) is 7.99. The van der Waals surface area contributed by atoms with Crippen LogP contribution in [0.15, 0.2) is 0 Å². The number of halogens is 1. The molecule has 58 valence electrons. The zero-order chi connectivity index (χ0) is 7.03. The number of hydrogen-bond donors (Lipinski definition) is 0. The van der Waals surface area contributed by atoms with Gasteiger partial charge in [-0.1, -0.05) is 35.2 Å². The maximum Gasteiger partial charge on any atom is 0.0286 e. The molecule has 0 saturated heterocycles. The van der Waals surface area contributed by atoms with Crippen LogP contribution in [0.4, 0.5) is 0 Å². The van der Waals surface area contributed by atoms with Gasteiger partial charge in [0.05, 0.1) is 0 Å². The van der Waals surface area contributed by atoms with Gasteiger partial charge in [-0.05, 0) is 31.6 Å². The van der Waals surface area contributed by atoms with Crippen LogP contribution < -0.4 is 0 Å². The summed E-state index contributed by atoms with van der Waals surface area (Å²) >= 11 is 3.92. The second-order valence-electron chi connectivity index (χ2n) is 3.87. The van der Waals surface area contributed by atoms with Gasteiger partial charge in [-0.25, -0.2) is 0 Å². The smallest absolute Gasteiger partial charge is 0.0286 e.